The van der Waals surface area contributed by atoms with Crippen LogP contribution in [0.25, 0.3) is 0 Å². The highest BCUT2D eigenvalue weighted by atomic mass is 79.9. The molecule has 1 N–H and O–H groups in total. The van der Waals surface area contributed by atoms with Crippen molar-refractivity contribution in [3.63, 3.8) is 0 Å². The molecule has 1 saturated heterocycles. The van der Waals surface area contributed by atoms with Gasteiger partial charge in [0.05, 0.1) is 16.4 Å². The lowest BCUT2D eigenvalue weighted by Crippen LogP contribution is -2.17. The van der Waals surface area contributed by atoms with Crippen LogP contribution in [0.5, 0.6) is 0 Å². The number of carbonyl (C=O) groups is 1. The molecule has 6 heteroatoms. The zero-order valence-corrected chi connectivity index (χ0v) is 14.5. The molecule has 2 heterocycles. The van der Waals surface area contributed by atoms with Crippen molar-refractivity contribution in [2.24, 2.45) is 4.99 Å². The number of furan rings is 1. The summed E-state index contributed by atoms with van der Waals surface area (Å²) in [6, 6.07) is 9.27. The average molecular weight is 376 g/mol. The van der Waals surface area contributed by atoms with Gasteiger partial charge in [-0.3, -0.25) is 9.79 Å². The fourth-order valence-corrected chi connectivity index (χ4v) is 3.11. The quantitative estimate of drug-likeness (QED) is 0.807. The molecule has 0 bridgehead atoms. The lowest BCUT2D eigenvalue weighted by molar-refractivity contribution is -0.114. The molecule has 0 radical (unpaired) electrons. The number of aliphatic imine (C=N–C) groups is 1. The number of anilines is 2. The summed E-state index contributed by atoms with van der Waals surface area (Å²) in [6.07, 6.45) is 4.12. The van der Waals surface area contributed by atoms with Crippen molar-refractivity contribution in [3.05, 3.63) is 40.6 Å². The second-order valence-corrected chi connectivity index (χ2v) is 6.34. The van der Waals surface area contributed by atoms with Crippen LogP contribution in [0.4, 0.5) is 17.3 Å². The predicted octanol–water partition coefficient (Wildman–Crippen LogP) is 4.35. The van der Waals surface area contributed by atoms with Gasteiger partial charge in [-0.15, -0.1) is 0 Å². The Balaban J connectivity index is 1.70. The van der Waals surface area contributed by atoms with Gasteiger partial charge in [-0.25, -0.2) is 0 Å². The van der Waals surface area contributed by atoms with Gasteiger partial charge in [0.15, 0.2) is 0 Å². The van der Waals surface area contributed by atoms with Gasteiger partial charge in [-0.2, -0.15) is 0 Å². The van der Waals surface area contributed by atoms with E-state index in [1.807, 2.05) is 30.3 Å². The monoisotopic (exact) mass is 375 g/mol. The zero-order chi connectivity index (χ0) is 16.2. The maximum atomic E-state index is 11.0. The van der Waals surface area contributed by atoms with Crippen molar-refractivity contribution < 1.29 is 9.21 Å². The van der Waals surface area contributed by atoms with Crippen LogP contribution in [0, 0.1) is 0 Å². The van der Waals surface area contributed by atoms with Gasteiger partial charge in [-0.1, -0.05) is 0 Å². The highest BCUT2D eigenvalue weighted by Gasteiger charge is 2.19. The first-order valence-corrected chi connectivity index (χ1v) is 8.37. The van der Waals surface area contributed by atoms with E-state index >= 15 is 0 Å². The summed E-state index contributed by atoms with van der Waals surface area (Å²) in [7, 11) is 0. The summed E-state index contributed by atoms with van der Waals surface area (Å²) >= 11 is 3.55. The molecule has 0 saturated carbocycles. The third kappa shape index (κ3) is 4.01. The highest BCUT2D eigenvalue weighted by molar-refractivity contribution is 9.10. The molecule has 0 aliphatic carbocycles. The Kier molecular flexibility index (Phi) is 4.81. The Morgan fingerprint density at radius 3 is 2.65 bits per heavy atom. The summed E-state index contributed by atoms with van der Waals surface area (Å²) in [4.78, 5) is 17.6. The molecule has 1 aromatic heterocycles. The van der Waals surface area contributed by atoms with Gasteiger partial charge >= 0.3 is 0 Å². The molecule has 2 aromatic rings. The Bertz CT molecular complexity index is 716. The number of nitrogens with zero attached hydrogens (tertiary/aromatic N) is 2. The van der Waals surface area contributed by atoms with Gasteiger partial charge in [0.25, 0.3) is 0 Å². The van der Waals surface area contributed by atoms with Crippen molar-refractivity contribution in [2.45, 2.75) is 19.8 Å². The van der Waals surface area contributed by atoms with Crippen molar-refractivity contribution >= 4 is 45.3 Å². The topological polar surface area (TPSA) is 57.8 Å². The molecule has 5 nitrogen and oxygen atoms in total. The number of nitrogens with one attached hydrogen (secondary N) is 1. The van der Waals surface area contributed by atoms with Crippen LogP contribution in [0.15, 0.2) is 44.2 Å². The first-order chi connectivity index (χ1) is 11.1. The summed E-state index contributed by atoms with van der Waals surface area (Å²) < 4.78 is 6.83. The first kappa shape index (κ1) is 15.8. The molecule has 0 atom stereocenters. The van der Waals surface area contributed by atoms with Crippen LogP contribution >= 0.6 is 15.9 Å². The van der Waals surface area contributed by atoms with E-state index in [1.54, 1.807) is 6.21 Å². The first-order valence-electron chi connectivity index (χ1n) is 7.58. The van der Waals surface area contributed by atoms with Crippen LogP contribution in [0.2, 0.25) is 0 Å². The minimum absolute atomic E-state index is 0.0869. The molecule has 1 fully saturated rings. The zero-order valence-electron chi connectivity index (χ0n) is 12.9. The van der Waals surface area contributed by atoms with Crippen LogP contribution in [-0.4, -0.2) is 25.2 Å². The lowest BCUT2D eigenvalue weighted by atomic mass is 10.3. The van der Waals surface area contributed by atoms with E-state index in [4.69, 9.17) is 4.42 Å². The molecule has 1 amide bonds. The highest BCUT2D eigenvalue weighted by Crippen LogP contribution is 2.32. The van der Waals surface area contributed by atoms with Crippen molar-refractivity contribution in [3.8, 4) is 0 Å². The molecule has 1 aliphatic rings. The van der Waals surface area contributed by atoms with Crippen LogP contribution in [0.1, 0.15) is 25.5 Å². The predicted molar refractivity (Wildman–Crippen MR) is 95.9 cm³/mol. The molecule has 3 rings (SSSR count). The Hall–Kier alpha value is -2.08. The summed E-state index contributed by atoms with van der Waals surface area (Å²) in [6.45, 7) is 3.55. The second-order valence-electron chi connectivity index (χ2n) is 5.48. The Morgan fingerprint density at radius 1 is 1.30 bits per heavy atom. The van der Waals surface area contributed by atoms with E-state index in [-0.39, 0.29) is 5.91 Å². The Morgan fingerprint density at radius 2 is 2.00 bits per heavy atom. The molecule has 23 heavy (non-hydrogen) atoms. The van der Waals surface area contributed by atoms with Crippen molar-refractivity contribution in [2.75, 3.05) is 23.3 Å². The fraction of sp³-hybridized carbons (Fsp3) is 0.294. The fourth-order valence-electron chi connectivity index (χ4n) is 2.55. The van der Waals surface area contributed by atoms with E-state index in [0.717, 1.165) is 34.8 Å². The van der Waals surface area contributed by atoms with Crippen molar-refractivity contribution in [1.29, 1.82) is 0 Å². The minimum atomic E-state index is -0.0869. The molecule has 1 aliphatic heterocycles. The number of hydrogen-bond donors (Lipinski definition) is 1. The van der Waals surface area contributed by atoms with E-state index < -0.39 is 0 Å². The third-order valence-electron chi connectivity index (χ3n) is 3.61. The number of carbonyl (C=O) groups excluding carboxylic acids is 1. The normalized spacial score (nSPS) is 14.6. The molecular formula is C17H18BrN3O2. The molecule has 0 spiro atoms. The Labute approximate surface area is 143 Å². The summed E-state index contributed by atoms with van der Waals surface area (Å²) in [5.74, 6) is 1.51. The molecule has 1 aromatic carbocycles. The van der Waals surface area contributed by atoms with Crippen LogP contribution in [0.3, 0.4) is 0 Å². The maximum Gasteiger partial charge on any atom is 0.221 e. The number of hydrogen-bond acceptors (Lipinski definition) is 4. The minimum Gasteiger partial charge on any atom is -0.438 e. The number of benzene rings is 1. The molecule has 0 unspecified atom stereocenters. The third-order valence-corrected chi connectivity index (χ3v) is 4.18. The van der Waals surface area contributed by atoms with Gasteiger partial charge in [0, 0.05) is 31.8 Å². The lowest BCUT2D eigenvalue weighted by Gasteiger charge is -2.13. The maximum absolute atomic E-state index is 11.0. The largest absolute Gasteiger partial charge is 0.438 e. The van der Waals surface area contributed by atoms with Crippen molar-refractivity contribution in [1.82, 2.24) is 0 Å². The van der Waals surface area contributed by atoms with Gasteiger partial charge in [-0.05, 0) is 53.0 Å². The number of rotatable bonds is 4. The average Bonchev–Trinajstić information content (AvgIpc) is 3.15. The van der Waals surface area contributed by atoms with Crippen LogP contribution in [-0.2, 0) is 4.79 Å². The second kappa shape index (κ2) is 7.00. The number of halogens is 1. The smallest absolute Gasteiger partial charge is 0.221 e. The van der Waals surface area contributed by atoms with Gasteiger partial charge < -0.3 is 14.6 Å². The standard InChI is InChI=1S/C17H18BrN3O2/c1-12(22)20-14-6-4-13(5-7-14)19-11-15-10-16(18)17(23-15)21-8-2-3-9-21/h4-7,10-11H,2-3,8-9H2,1H3,(H,20,22). The van der Waals surface area contributed by atoms with E-state index in [9.17, 15) is 4.79 Å². The van der Waals surface area contributed by atoms with E-state index in [2.05, 4.69) is 31.1 Å². The summed E-state index contributed by atoms with van der Waals surface area (Å²) in [5.41, 5.74) is 1.56. The number of amides is 1. The molecule has 120 valence electrons. The molecular weight excluding hydrogens is 358 g/mol. The SMILES string of the molecule is CC(=O)Nc1ccc(N=Cc2cc(Br)c(N3CCCC3)o2)cc1. The van der Waals surface area contributed by atoms with E-state index in [1.165, 1.54) is 19.8 Å². The van der Waals surface area contributed by atoms with Gasteiger partial charge in [0.2, 0.25) is 11.8 Å². The van der Waals surface area contributed by atoms with E-state index in [0.29, 0.717) is 5.76 Å². The van der Waals surface area contributed by atoms with Crippen LogP contribution < -0.4 is 10.2 Å². The van der Waals surface area contributed by atoms with Gasteiger partial charge in [0.1, 0.15) is 5.76 Å². The summed E-state index contributed by atoms with van der Waals surface area (Å²) in [5, 5.41) is 2.73.